The van der Waals surface area contributed by atoms with E-state index in [-0.39, 0.29) is 36.0 Å². The summed E-state index contributed by atoms with van der Waals surface area (Å²) in [6, 6.07) is 9.08. The van der Waals surface area contributed by atoms with Crippen LogP contribution in [-0.2, 0) is 11.2 Å². The fraction of sp³-hybridized carbons (Fsp3) is 0.188. The second kappa shape index (κ2) is 8.23. The Morgan fingerprint density at radius 1 is 1.09 bits per heavy atom. The Hall–Kier alpha value is -0.710. The molecule has 110 valence electrons. The van der Waals surface area contributed by atoms with Crippen LogP contribution in [0.1, 0.15) is 16.7 Å². The molecule has 2 rings (SSSR count). The Kier molecular flexibility index (Phi) is 7.23. The van der Waals surface area contributed by atoms with Gasteiger partial charge in [0.25, 0.3) is 0 Å². The van der Waals surface area contributed by atoms with Crippen molar-refractivity contribution in [2.75, 3.05) is 5.32 Å². The van der Waals surface area contributed by atoms with Gasteiger partial charge < -0.3 is 15.2 Å². The van der Waals surface area contributed by atoms with Gasteiger partial charge in [0.1, 0.15) is 0 Å². The summed E-state index contributed by atoms with van der Waals surface area (Å²) in [5.74, 6) is -1.13. The van der Waals surface area contributed by atoms with E-state index in [0.717, 1.165) is 11.1 Å². The first kappa shape index (κ1) is 19.3. The molecule has 22 heavy (non-hydrogen) atoms. The van der Waals surface area contributed by atoms with Crippen LogP contribution in [0.4, 0.5) is 11.4 Å². The minimum atomic E-state index is -1.13. The molecule has 2 aromatic carbocycles. The maximum atomic E-state index is 10.9. The Bertz CT molecular complexity index is 682. The van der Waals surface area contributed by atoms with E-state index in [9.17, 15) is 9.90 Å². The molecule has 0 fully saturated rings. The number of hydrogen-bond acceptors (Lipinski definition) is 3. The fourth-order valence-electron chi connectivity index (χ4n) is 2.10. The van der Waals surface area contributed by atoms with E-state index in [0.29, 0.717) is 27.0 Å². The van der Waals surface area contributed by atoms with E-state index in [4.69, 9.17) is 23.2 Å². The maximum absolute atomic E-state index is 10.9. The van der Waals surface area contributed by atoms with E-state index in [1.807, 2.05) is 19.9 Å². The number of nitrogens with one attached hydrogen (secondary N) is 1. The first-order chi connectivity index (χ1) is 9.86. The second-order valence-corrected chi connectivity index (χ2v) is 5.75. The monoisotopic (exact) mass is 345 g/mol. The average Bonchev–Trinajstić information content (AvgIpc) is 2.35. The summed E-state index contributed by atoms with van der Waals surface area (Å²) < 4.78 is 0. The van der Waals surface area contributed by atoms with E-state index in [1.54, 1.807) is 24.3 Å². The van der Waals surface area contributed by atoms with Crippen LogP contribution < -0.4 is 40.0 Å². The van der Waals surface area contributed by atoms with Crippen LogP contribution in [0.15, 0.2) is 30.3 Å². The Labute approximate surface area is 161 Å². The van der Waals surface area contributed by atoms with Gasteiger partial charge >= 0.3 is 29.6 Å². The third kappa shape index (κ3) is 4.90. The first-order valence-electron chi connectivity index (χ1n) is 6.39. The van der Waals surface area contributed by atoms with Crippen molar-refractivity contribution in [1.29, 1.82) is 0 Å². The molecule has 0 bridgehead atoms. The van der Waals surface area contributed by atoms with Gasteiger partial charge in [0, 0.05) is 18.1 Å². The second-order valence-electron chi connectivity index (χ2n) is 4.94. The van der Waals surface area contributed by atoms with Crippen molar-refractivity contribution in [2.24, 2.45) is 0 Å². The number of benzene rings is 2. The van der Waals surface area contributed by atoms with Gasteiger partial charge in [-0.25, -0.2) is 0 Å². The largest absolute Gasteiger partial charge is 1.00 e. The van der Waals surface area contributed by atoms with E-state index < -0.39 is 5.97 Å². The molecule has 0 spiro atoms. The zero-order valence-electron chi connectivity index (χ0n) is 12.7. The molecule has 0 aliphatic carbocycles. The molecule has 0 aliphatic heterocycles. The topological polar surface area (TPSA) is 52.2 Å². The summed E-state index contributed by atoms with van der Waals surface area (Å²) in [5, 5.41) is 15.0. The average molecular weight is 346 g/mol. The van der Waals surface area contributed by atoms with Crippen LogP contribution >= 0.6 is 23.2 Å². The molecule has 0 radical (unpaired) electrons. The summed E-state index contributed by atoms with van der Waals surface area (Å²) in [4.78, 5) is 10.9. The molecule has 0 atom stereocenters. The molecule has 0 saturated carbocycles. The number of aryl methyl sites for hydroxylation is 2. The number of aliphatic carboxylic acids is 1. The molecule has 0 heterocycles. The van der Waals surface area contributed by atoms with Gasteiger partial charge in [-0.2, -0.15) is 0 Å². The molecule has 6 heteroatoms. The summed E-state index contributed by atoms with van der Waals surface area (Å²) in [7, 11) is 0. The van der Waals surface area contributed by atoms with Crippen molar-refractivity contribution in [3.05, 3.63) is 57.1 Å². The Balaban J connectivity index is 0.00000242. The quantitative estimate of drug-likeness (QED) is 0.828. The Morgan fingerprint density at radius 2 is 1.68 bits per heavy atom. The zero-order valence-corrected chi connectivity index (χ0v) is 16.2. The maximum Gasteiger partial charge on any atom is 1.00 e. The molecule has 0 saturated heterocycles. The van der Waals surface area contributed by atoms with Gasteiger partial charge in [-0.05, 0) is 43.2 Å². The molecular formula is C16H14Cl2NNaO2. The van der Waals surface area contributed by atoms with E-state index in [2.05, 4.69) is 5.32 Å². The van der Waals surface area contributed by atoms with Gasteiger partial charge in [0.2, 0.25) is 0 Å². The third-order valence-electron chi connectivity index (χ3n) is 3.04. The van der Waals surface area contributed by atoms with Gasteiger partial charge in [-0.1, -0.05) is 40.9 Å². The van der Waals surface area contributed by atoms with Crippen LogP contribution in [-0.4, -0.2) is 5.97 Å². The summed E-state index contributed by atoms with van der Waals surface area (Å²) >= 11 is 12.4. The van der Waals surface area contributed by atoms with Crippen LogP contribution in [0, 0.1) is 13.8 Å². The summed E-state index contributed by atoms with van der Waals surface area (Å²) in [5.41, 5.74) is 3.76. The minimum Gasteiger partial charge on any atom is -0.550 e. The third-order valence-corrected chi connectivity index (χ3v) is 3.64. The standard InChI is InChI=1S/C16H15Cl2NO2.Na/c1-9-3-4-14(11(5-9)8-15(20)21)19-16-12(17)6-10(2)7-13(16)18;/h3-7,19H,8H2,1-2H3,(H,20,21);/q;+1/p-1. The summed E-state index contributed by atoms with van der Waals surface area (Å²) in [6.45, 7) is 3.79. The van der Waals surface area contributed by atoms with Crippen molar-refractivity contribution in [1.82, 2.24) is 0 Å². The Morgan fingerprint density at radius 3 is 2.23 bits per heavy atom. The number of carbonyl (C=O) groups excluding carboxylic acids is 1. The fourth-order valence-corrected chi connectivity index (χ4v) is 2.79. The van der Waals surface area contributed by atoms with Crippen molar-refractivity contribution in [2.45, 2.75) is 20.3 Å². The minimum absolute atomic E-state index is 0. The molecule has 1 N–H and O–H groups in total. The number of carboxylic acid groups (broad SMARTS) is 1. The molecule has 0 unspecified atom stereocenters. The molecule has 0 aromatic heterocycles. The summed E-state index contributed by atoms with van der Waals surface area (Å²) in [6.07, 6.45) is -0.175. The first-order valence-corrected chi connectivity index (χ1v) is 7.14. The number of carbonyl (C=O) groups is 1. The number of carboxylic acids is 1. The van der Waals surface area contributed by atoms with Gasteiger partial charge in [0.15, 0.2) is 0 Å². The molecule has 3 nitrogen and oxygen atoms in total. The van der Waals surface area contributed by atoms with Crippen LogP contribution in [0.3, 0.4) is 0 Å². The van der Waals surface area contributed by atoms with Crippen LogP contribution in [0.2, 0.25) is 10.0 Å². The predicted molar refractivity (Wildman–Crippen MR) is 84.4 cm³/mol. The predicted octanol–water partition coefficient (Wildman–Crippen LogP) is 0.650. The van der Waals surface area contributed by atoms with Crippen molar-refractivity contribution >= 4 is 40.5 Å². The SMILES string of the molecule is Cc1cc(Cl)c(Nc2ccc(C)cc2CC(=O)[O-])c(Cl)c1.[Na+]. The van der Waals surface area contributed by atoms with Crippen molar-refractivity contribution < 1.29 is 39.5 Å². The number of hydrogen-bond donors (Lipinski definition) is 1. The molecule has 2 aromatic rings. The molecular weight excluding hydrogens is 332 g/mol. The van der Waals surface area contributed by atoms with Crippen molar-refractivity contribution in [3.8, 4) is 0 Å². The number of halogens is 2. The van der Waals surface area contributed by atoms with Gasteiger partial charge in [-0.3, -0.25) is 0 Å². The van der Waals surface area contributed by atoms with Crippen LogP contribution in [0.5, 0.6) is 0 Å². The normalized spacial score (nSPS) is 10.0. The smallest absolute Gasteiger partial charge is 0.550 e. The number of anilines is 2. The van der Waals surface area contributed by atoms with Crippen LogP contribution in [0.25, 0.3) is 0 Å². The van der Waals surface area contributed by atoms with Gasteiger partial charge in [0.05, 0.1) is 15.7 Å². The zero-order chi connectivity index (χ0) is 15.6. The molecule has 0 aliphatic rings. The molecule has 0 amide bonds. The van der Waals surface area contributed by atoms with Crippen molar-refractivity contribution in [3.63, 3.8) is 0 Å². The van der Waals surface area contributed by atoms with E-state index >= 15 is 0 Å². The van der Waals surface area contributed by atoms with E-state index in [1.165, 1.54) is 0 Å². The number of rotatable bonds is 4. The van der Waals surface area contributed by atoms with Gasteiger partial charge in [-0.15, -0.1) is 0 Å².